The van der Waals surface area contributed by atoms with Crippen molar-refractivity contribution in [3.63, 3.8) is 0 Å². The minimum Gasteiger partial charge on any atom is -0.305 e. The van der Waals surface area contributed by atoms with Crippen molar-refractivity contribution in [2.75, 3.05) is 5.32 Å². The molecule has 0 fully saturated rings. The average Bonchev–Trinajstić information content (AvgIpc) is 2.63. The Morgan fingerprint density at radius 1 is 1.04 bits per heavy atom. The molecule has 0 atom stereocenters. The summed E-state index contributed by atoms with van der Waals surface area (Å²) in [6, 6.07) is 11.1. The van der Waals surface area contributed by atoms with Gasteiger partial charge in [-0.2, -0.15) is 13.2 Å². The van der Waals surface area contributed by atoms with Crippen LogP contribution in [0.1, 0.15) is 15.9 Å². The van der Waals surface area contributed by atoms with Crippen LogP contribution in [0.15, 0.2) is 61.1 Å². The number of amides is 1. The molecule has 2 aromatic heterocycles. The number of alkyl halides is 3. The van der Waals surface area contributed by atoms with E-state index in [2.05, 4.69) is 15.3 Å². The number of rotatable bonds is 3. The largest absolute Gasteiger partial charge is 0.417 e. The molecule has 0 aliphatic carbocycles. The molecule has 0 saturated carbocycles. The van der Waals surface area contributed by atoms with Crippen LogP contribution in [0.3, 0.4) is 0 Å². The molecule has 2 heterocycles. The maximum Gasteiger partial charge on any atom is 0.417 e. The van der Waals surface area contributed by atoms with Crippen LogP contribution in [-0.2, 0) is 6.18 Å². The molecule has 0 bridgehead atoms. The fourth-order valence-electron chi connectivity index (χ4n) is 2.21. The normalized spacial score (nSPS) is 11.2. The molecule has 132 valence electrons. The van der Waals surface area contributed by atoms with E-state index in [-0.39, 0.29) is 10.8 Å². The molecule has 1 N–H and O–H groups in total. The number of carbonyl (C=O) groups excluding carboxylic acids is 1. The van der Waals surface area contributed by atoms with Crippen molar-refractivity contribution in [3.05, 3.63) is 77.2 Å². The van der Waals surface area contributed by atoms with E-state index in [4.69, 9.17) is 11.6 Å². The van der Waals surface area contributed by atoms with Gasteiger partial charge >= 0.3 is 6.18 Å². The topological polar surface area (TPSA) is 54.9 Å². The number of halogens is 4. The lowest BCUT2D eigenvalue weighted by molar-refractivity contribution is -0.137. The molecule has 3 rings (SSSR count). The van der Waals surface area contributed by atoms with Gasteiger partial charge in [-0.3, -0.25) is 9.78 Å². The van der Waals surface area contributed by atoms with Gasteiger partial charge in [0.15, 0.2) is 5.82 Å². The van der Waals surface area contributed by atoms with E-state index in [0.717, 1.165) is 17.2 Å². The molecule has 8 heteroatoms. The van der Waals surface area contributed by atoms with Crippen molar-refractivity contribution in [2.45, 2.75) is 6.18 Å². The minimum absolute atomic E-state index is 0.138. The third-order valence-electron chi connectivity index (χ3n) is 3.54. The second kappa shape index (κ2) is 7.13. The molecule has 1 aromatic carbocycles. The summed E-state index contributed by atoms with van der Waals surface area (Å²) >= 11 is 5.79. The van der Waals surface area contributed by atoms with Crippen molar-refractivity contribution in [3.8, 4) is 11.1 Å². The predicted molar refractivity (Wildman–Crippen MR) is 91.9 cm³/mol. The van der Waals surface area contributed by atoms with E-state index in [1.54, 1.807) is 42.7 Å². The molecule has 26 heavy (non-hydrogen) atoms. The van der Waals surface area contributed by atoms with Crippen molar-refractivity contribution in [1.29, 1.82) is 0 Å². The van der Waals surface area contributed by atoms with Gasteiger partial charge in [-0.15, -0.1) is 0 Å². The maximum atomic E-state index is 12.6. The van der Waals surface area contributed by atoms with E-state index < -0.39 is 17.6 Å². The molecule has 0 unspecified atom stereocenters. The SMILES string of the molecule is O=C(Nc1ncc(C(F)(F)F)cc1Cl)c1ccc(-c2cccnc2)cc1. The molecular formula is C18H11ClF3N3O. The number of anilines is 1. The van der Waals surface area contributed by atoms with Gasteiger partial charge in [0.05, 0.1) is 10.6 Å². The van der Waals surface area contributed by atoms with Gasteiger partial charge in [-0.1, -0.05) is 29.8 Å². The third kappa shape index (κ3) is 4.00. The summed E-state index contributed by atoms with van der Waals surface area (Å²) < 4.78 is 37.8. The lowest BCUT2D eigenvalue weighted by atomic mass is 10.1. The number of carbonyl (C=O) groups is 1. The lowest BCUT2D eigenvalue weighted by Gasteiger charge is -2.10. The molecule has 0 radical (unpaired) electrons. The quantitative estimate of drug-likeness (QED) is 0.693. The fourth-order valence-corrected chi connectivity index (χ4v) is 2.43. The van der Waals surface area contributed by atoms with Crippen molar-refractivity contribution < 1.29 is 18.0 Å². The van der Waals surface area contributed by atoms with E-state index in [9.17, 15) is 18.0 Å². The molecule has 4 nitrogen and oxygen atoms in total. The summed E-state index contributed by atoms with van der Waals surface area (Å²) in [5, 5.41) is 2.11. The maximum absolute atomic E-state index is 12.6. The molecule has 0 spiro atoms. The third-order valence-corrected chi connectivity index (χ3v) is 3.83. The van der Waals surface area contributed by atoms with Gasteiger partial charge in [-0.05, 0) is 35.4 Å². The van der Waals surface area contributed by atoms with Gasteiger partial charge in [-0.25, -0.2) is 4.98 Å². The van der Waals surface area contributed by atoms with Gasteiger partial charge in [0.1, 0.15) is 0 Å². The highest BCUT2D eigenvalue weighted by Crippen LogP contribution is 2.32. The Morgan fingerprint density at radius 2 is 1.77 bits per heavy atom. The average molecular weight is 378 g/mol. The molecule has 0 aliphatic rings. The summed E-state index contributed by atoms with van der Waals surface area (Å²) in [7, 11) is 0. The van der Waals surface area contributed by atoms with Crippen molar-refractivity contribution in [2.24, 2.45) is 0 Å². The first-order chi connectivity index (χ1) is 12.3. The first kappa shape index (κ1) is 17.9. The Labute approximate surface area is 151 Å². The summed E-state index contributed by atoms with van der Waals surface area (Å²) in [5.41, 5.74) is 1.10. The second-order valence-electron chi connectivity index (χ2n) is 5.33. The van der Waals surface area contributed by atoms with E-state index in [0.29, 0.717) is 11.8 Å². The predicted octanol–water partition coefficient (Wildman–Crippen LogP) is 5.07. The first-order valence-corrected chi connectivity index (χ1v) is 7.77. The molecule has 0 aliphatic heterocycles. The number of nitrogens with one attached hydrogen (secondary N) is 1. The minimum atomic E-state index is -4.55. The number of nitrogens with zero attached hydrogens (tertiary/aromatic N) is 2. The zero-order valence-corrected chi connectivity index (χ0v) is 13.8. The van der Waals surface area contributed by atoms with Crippen LogP contribution in [0, 0.1) is 0 Å². The van der Waals surface area contributed by atoms with Crippen LogP contribution in [0.5, 0.6) is 0 Å². The molecular weight excluding hydrogens is 367 g/mol. The summed E-state index contributed by atoms with van der Waals surface area (Å²) in [5.74, 6) is -0.669. The lowest BCUT2D eigenvalue weighted by Crippen LogP contribution is -2.14. The number of hydrogen-bond donors (Lipinski definition) is 1. The Balaban J connectivity index is 1.76. The summed E-state index contributed by atoms with van der Waals surface area (Å²) in [6.45, 7) is 0. The van der Waals surface area contributed by atoms with Gasteiger partial charge < -0.3 is 5.32 Å². The Hall–Kier alpha value is -2.93. The van der Waals surface area contributed by atoms with Gasteiger partial charge in [0.25, 0.3) is 5.91 Å². The van der Waals surface area contributed by atoms with E-state index >= 15 is 0 Å². The van der Waals surface area contributed by atoms with Crippen LogP contribution in [0.2, 0.25) is 5.02 Å². The van der Waals surface area contributed by atoms with Crippen LogP contribution in [0.25, 0.3) is 11.1 Å². The van der Waals surface area contributed by atoms with Gasteiger partial charge in [0.2, 0.25) is 0 Å². The summed E-state index contributed by atoms with van der Waals surface area (Å²) in [4.78, 5) is 19.9. The van der Waals surface area contributed by atoms with Crippen molar-refractivity contribution in [1.82, 2.24) is 9.97 Å². The Morgan fingerprint density at radius 3 is 2.35 bits per heavy atom. The van der Waals surface area contributed by atoms with Crippen molar-refractivity contribution >= 4 is 23.3 Å². The molecule has 0 saturated heterocycles. The standard InChI is InChI=1S/C18H11ClF3N3O/c19-15-8-14(18(20,21)22)10-24-16(15)25-17(26)12-5-3-11(4-6-12)13-2-1-7-23-9-13/h1-10H,(H,24,25,26). The van der Waals surface area contributed by atoms with Crippen LogP contribution >= 0.6 is 11.6 Å². The zero-order valence-electron chi connectivity index (χ0n) is 13.1. The van der Waals surface area contributed by atoms with E-state index in [1.165, 1.54) is 0 Å². The van der Waals surface area contributed by atoms with Crippen LogP contribution in [-0.4, -0.2) is 15.9 Å². The number of benzene rings is 1. The smallest absolute Gasteiger partial charge is 0.305 e. The zero-order chi connectivity index (χ0) is 18.7. The highest BCUT2D eigenvalue weighted by atomic mass is 35.5. The summed E-state index contributed by atoms with van der Waals surface area (Å²) in [6.07, 6.45) is -0.582. The number of hydrogen-bond acceptors (Lipinski definition) is 3. The molecule has 3 aromatic rings. The monoisotopic (exact) mass is 377 g/mol. The van der Waals surface area contributed by atoms with Gasteiger partial charge in [0, 0.05) is 24.2 Å². The number of aromatic nitrogens is 2. The number of pyridine rings is 2. The second-order valence-corrected chi connectivity index (χ2v) is 5.73. The van der Waals surface area contributed by atoms with Crippen LogP contribution in [0.4, 0.5) is 19.0 Å². The first-order valence-electron chi connectivity index (χ1n) is 7.39. The Bertz CT molecular complexity index is 929. The highest BCUT2D eigenvalue weighted by Gasteiger charge is 2.31. The fraction of sp³-hybridized carbons (Fsp3) is 0.0556. The Kier molecular flexibility index (Phi) is 4.90. The highest BCUT2D eigenvalue weighted by molar-refractivity contribution is 6.33. The van der Waals surface area contributed by atoms with E-state index in [1.807, 2.05) is 6.07 Å². The molecule has 1 amide bonds. The van der Waals surface area contributed by atoms with Crippen LogP contribution < -0.4 is 5.32 Å².